The van der Waals surface area contributed by atoms with Crippen LogP contribution in [0.4, 0.5) is 0 Å². The molecule has 2 aliphatic rings. The summed E-state index contributed by atoms with van der Waals surface area (Å²) < 4.78 is 7.37. The minimum atomic E-state index is 0.144. The van der Waals surface area contributed by atoms with Crippen LogP contribution in [0.2, 0.25) is 0 Å². The van der Waals surface area contributed by atoms with E-state index in [0.717, 1.165) is 19.4 Å². The van der Waals surface area contributed by atoms with Crippen molar-refractivity contribution in [2.45, 2.75) is 56.6 Å². The van der Waals surface area contributed by atoms with Crippen molar-refractivity contribution >= 4 is 27.3 Å². The molecule has 5 heteroatoms. The maximum atomic E-state index is 6.20. The van der Waals surface area contributed by atoms with Crippen molar-refractivity contribution in [3.8, 4) is 0 Å². The minimum absolute atomic E-state index is 0.144. The lowest BCUT2D eigenvalue weighted by atomic mass is 9.74. The molecule has 2 atom stereocenters. The third-order valence-electron chi connectivity index (χ3n) is 4.85. The molecule has 3 N–H and O–H groups in total. The molecule has 1 aromatic heterocycles. The highest BCUT2D eigenvalue weighted by molar-refractivity contribution is 9.11. The quantitative estimate of drug-likeness (QED) is 0.630. The summed E-state index contributed by atoms with van der Waals surface area (Å²) in [5.41, 5.74) is 3.20. The largest absolute Gasteiger partial charge is 0.375 e. The van der Waals surface area contributed by atoms with Gasteiger partial charge in [0.05, 0.1) is 15.4 Å². The summed E-state index contributed by atoms with van der Waals surface area (Å²) in [5.74, 6) is 6.44. The average Bonchev–Trinajstić information content (AvgIpc) is 2.87. The smallest absolute Gasteiger partial charge is 0.0702 e. The first kappa shape index (κ1) is 15.0. The lowest BCUT2D eigenvalue weighted by molar-refractivity contribution is -0.122. The van der Waals surface area contributed by atoms with Crippen LogP contribution in [0.25, 0.3) is 0 Å². The van der Waals surface area contributed by atoms with E-state index in [0.29, 0.717) is 5.92 Å². The minimum Gasteiger partial charge on any atom is -0.375 e. The lowest BCUT2D eigenvalue weighted by Crippen LogP contribution is -2.45. The fourth-order valence-corrected chi connectivity index (χ4v) is 5.42. The zero-order valence-electron chi connectivity index (χ0n) is 11.7. The molecule has 112 valence electrons. The Morgan fingerprint density at radius 2 is 2.15 bits per heavy atom. The SMILES string of the molecule is NNC(c1ccc(Br)s1)C1CCOC2(CCCCC2)C1. The van der Waals surface area contributed by atoms with Crippen LogP contribution in [-0.4, -0.2) is 12.2 Å². The summed E-state index contributed by atoms with van der Waals surface area (Å²) in [4.78, 5) is 1.33. The molecular formula is C15H23BrN2OS. The van der Waals surface area contributed by atoms with Crippen LogP contribution >= 0.6 is 27.3 Å². The summed E-state index contributed by atoms with van der Waals surface area (Å²) in [5, 5.41) is 0. The van der Waals surface area contributed by atoms with Gasteiger partial charge in [-0.1, -0.05) is 19.3 Å². The second-order valence-electron chi connectivity index (χ2n) is 6.13. The Labute approximate surface area is 133 Å². The number of hydrazine groups is 1. The molecule has 1 aromatic rings. The van der Waals surface area contributed by atoms with Gasteiger partial charge in [0.15, 0.2) is 0 Å². The molecule has 0 aromatic carbocycles. The molecule has 1 saturated carbocycles. The van der Waals surface area contributed by atoms with Crippen molar-refractivity contribution in [3.63, 3.8) is 0 Å². The first-order valence-electron chi connectivity index (χ1n) is 7.58. The van der Waals surface area contributed by atoms with Gasteiger partial charge >= 0.3 is 0 Å². The van der Waals surface area contributed by atoms with Crippen molar-refractivity contribution in [3.05, 3.63) is 20.8 Å². The van der Waals surface area contributed by atoms with Crippen molar-refractivity contribution in [1.29, 1.82) is 0 Å². The Morgan fingerprint density at radius 3 is 2.80 bits per heavy atom. The number of ether oxygens (including phenoxy) is 1. The number of halogens is 1. The first-order chi connectivity index (χ1) is 9.72. The van der Waals surface area contributed by atoms with Crippen LogP contribution < -0.4 is 11.3 Å². The molecule has 3 nitrogen and oxygen atoms in total. The van der Waals surface area contributed by atoms with Crippen LogP contribution in [0.15, 0.2) is 15.9 Å². The second kappa shape index (κ2) is 6.44. The first-order valence-corrected chi connectivity index (χ1v) is 9.19. The summed E-state index contributed by atoms with van der Waals surface area (Å²) in [7, 11) is 0. The molecular weight excluding hydrogens is 336 g/mol. The molecule has 3 rings (SSSR count). The van der Waals surface area contributed by atoms with E-state index < -0.39 is 0 Å². The number of hydrogen-bond donors (Lipinski definition) is 2. The predicted molar refractivity (Wildman–Crippen MR) is 86.6 cm³/mol. The predicted octanol–water partition coefficient (Wildman–Crippen LogP) is 4.14. The van der Waals surface area contributed by atoms with Gasteiger partial charge in [-0.3, -0.25) is 11.3 Å². The van der Waals surface area contributed by atoms with E-state index in [1.807, 2.05) is 0 Å². The topological polar surface area (TPSA) is 47.3 Å². The molecule has 0 bridgehead atoms. The van der Waals surface area contributed by atoms with E-state index in [-0.39, 0.29) is 11.6 Å². The van der Waals surface area contributed by atoms with Gasteiger partial charge in [-0.25, -0.2) is 0 Å². The number of hydrogen-bond acceptors (Lipinski definition) is 4. The molecule has 1 aliphatic carbocycles. The van der Waals surface area contributed by atoms with E-state index in [4.69, 9.17) is 10.6 Å². The molecule has 2 heterocycles. The molecule has 0 amide bonds. The standard InChI is InChI=1S/C15H23BrN2OS/c16-13-5-4-12(20-13)14(18-17)11-6-9-19-15(10-11)7-2-1-3-8-15/h4-5,11,14,18H,1-3,6-10,17H2. The van der Waals surface area contributed by atoms with Crippen LogP contribution in [0.3, 0.4) is 0 Å². The summed E-state index contributed by atoms with van der Waals surface area (Å²) in [6.45, 7) is 0.884. The van der Waals surface area contributed by atoms with Gasteiger partial charge in [-0.2, -0.15) is 0 Å². The maximum Gasteiger partial charge on any atom is 0.0702 e. The van der Waals surface area contributed by atoms with Crippen LogP contribution in [0.5, 0.6) is 0 Å². The average molecular weight is 359 g/mol. The monoisotopic (exact) mass is 358 g/mol. The molecule has 20 heavy (non-hydrogen) atoms. The van der Waals surface area contributed by atoms with Gasteiger partial charge < -0.3 is 4.74 Å². The van der Waals surface area contributed by atoms with E-state index in [1.165, 1.54) is 40.8 Å². The highest BCUT2D eigenvalue weighted by Gasteiger charge is 2.41. The zero-order chi connectivity index (χ0) is 14.0. The van der Waals surface area contributed by atoms with Gasteiger partial charge in [-0.15, -0.1) is 11.3 Å². The lowest BCUT2D eigenvalue weighted by Gasteiger charge is -2.45. The number of rotatable bonds is 3. The third kappa shape index (κ3) is 3.12. The number of nitrogens with one attached hydrogen (secondary N) is 1. The zero-order valence-corrected chi connectivity index (χ0v) is 14.1. The molecule has 0 radical (unpaired) electrons. The number of nitrogens with two attached hydrogens (primary N) is 1. The van der Waals surface area contributed by atoms with Crippen molar-refractivity contribution in [1.82, 2.24) is 5.43 Å². The fraction of sp³-hybridized carbons (Fsp3) is 0.733. The van der Waals surface area contributed by atoms with Crippen molar-refractivity contribution in [2.75, 3.05) is 6.61 Å². The van der Waals surface area contributed by atoms with Gasteiger partial charge in [0.2, 0.25) is 0 Å². The maximum absolute atomic E-state index is 6.20. The highest BCUT2D eigenvalue weighted by Crippen LogP contribution is 2.45. The van der Waals surface area contributed by atoms with E-state index >= 15 is 0 Å². The molecule has 1 spiro atoms. The third-order valence-corrected chi connectivity index (χ3v) is 6.55. The van der Waals surface area contributed by atoms with Crippen molar-refractivity contribution < 1.29 is 4.74 Å². The number of thiophene rings is 1. The van der Waals surface area contributed by atoms with Crippen LogP contribution in [0, 0.1) is 5.92 Å². The molecule has 2 fully saturated rings. The van der Waals surface area contributed by atoms with E-state index in [1.54, 1.807) is 11.3 Å². The normalized spacial score (nSPS) is 27.6. The Morgan fingerprint density at radius 1 is 1.35 bits per heavy atom. The van der Waals surface area contributed by atoms with Gasteiger partial charge in [-0.05, 0) is 59.7 Å². The summed E-state index contributed by atoms with van der Waals surface area (Å²) in [6.07, 6.45) is 8.72. The molecule has 2 unspecified atom stereocenters. The molecule has 1 aliphatic heterocycles. The van der Waals surface area contributed by atoms with Crippen LogP contribution in [0.1, 0.15) is 55.9 Å². The Bertz CT molecular complexity index is 439. The Kier molecular flexibility index (Phi) is 4.82. The fourth-order valence-electron chi connectivity index (χ4n) is 3.84. The van der Waals surface area contributed by atoms with Gasteiger partial charge in [0, 0.05) is 11.5 Å². The highest BCUT2D eigenvalue weighted by atomic mass is 79.9. The summed E-state index contributed by atoms with van der Waals surface area (Å²) >= 11 is 5.33. The van der Waals surface area contributed by atoms with Gasteiger partial charge in [0.1, 0.15) is 0 Å². The van der Waals surface area contributed by atoms with Gasteiger partial charge in [0.25, 0.3) is 0 Å². The van der Waals surface area contributed by atoms with Crippen molar-refractivity contribution in [2.24, 2.45) is 11.8 Å². The molecule has 1 saturated heterocycles. The van der Waals surface area contributed by atoms with Crippen LogP contribution in [-0.2, 0) is 4.74 Å². The summed E-state index contributed by atoms with van der Waals surface area (Å²) in [6, 6.07) is 4.55. The Hall–Kier alpha value is 0.0600. The van der Waals surface area contributed by atoms with E-state index in [2.05, 4.69) is 33.5 Å². The Balaban J connectivity index is 1.74. The second-order valence-corrected chi connectivity index (χ2v) is 8.63. The van der Waals surface area contributed by atoms with E-state index in [9.17, 15) is 0 Å².